The van der Waals surface area contributed by atoms with Gasteiger partial charge in [0.05, 0.1) is 13.2 Å². The molecule has 5 rings (SSSR count). The van der Waals surface area contributed by atoms with Crippen LogP contribution in [0, 0.1) is 0 Å². The number of hydrogen-bond donors (Lipinski definition) is 1. The van der Waals surface area contributed by atoms with Gasteiger partial charge >= 0.3 is 0 Å². The molecule has 1 amide bonds. The first-order valence-electron chi connectivity index (χ1n) is 9.49. The summed E-state index contributed by atoms with van der Waals surface area (Å²) in [5, 5.41) is 2.99. The summed E-state index contributed by atoms with van der Waals surface area (Å²) in [6.45, 7) is 1.27. The molecule has 2 aromatic carbocycles. The van der Waals surface area contributed by atoms with Crippen LogP contribution in [0.2, 0.25) is 0 Å². The van der Waals surface area contributed by atoms with Gasteiger partial charge in [0.25, 0.3) is 5.91 Å². The van der Waals surface area contributed by atoms with Crippen LogP contribution in [0.1, 0.15) is 27.9 Å². The van der Waals surface area contributed by atoms with Gasteiger partial charge in [-0.3, -0.25) is 4.79 Å². The number of ether oxygens (including phenoxy) is 2. The number of nitrogens with one attached hydrogen (secondary N) is 1. The molecule has 2 heterocycles. The number of anilines is 1. The Morgan fingerprint density at radius 2 is 1.96 bits per heavy atom. The molecule has 140 valence electrons. The molecule has 1 aliphatic heterocycles. The molecule has 0 spiro atoms. The van der Waals surface area contributed by atoms with Crippen LogP contribution in [0.3, 0.4) is 0 Å². The number of nitrogens with zero attached hydrogens (tertiary/aromatic N) is 1. The number of aromatic nitrogens is 1. The summed E-state index contributed by atoms with van der Waals surface area (Å²) in [5.74, 6) is 0.276. The summed E-state index contributed by atoms with van der Waals surface area (Å²) >= 11 is 0. The van der Waals surface area contributed by atoms with Crippen LogP contribution in [0.4, 0.5) is 5.69 Å². The van der Waals surface area contributed by atoms with Crippen molar-refractivity contribution in [2.24, 2.45) is 0 Å². The topological polar surface area (TPSA) is 60.5 Å². The molecule has 1 aliphatic carbocycles. The molecule has 0 radical (unpaired) electrons. The largest absolute Gasteiger partial charge is 0.472 e. The highest BCUT2D eigenvalue weighted by Crippen LogP contribution is 2.37. The highest BCUT2D eigenvalue weighted by molar-refractivity contribution is 6.04. The summed E-state index contributed by atoms with van der Waals surface area (Å²) in [6.07, 6.45) is 3.34. The Bertz CT molecular complexity index is 1040. The van der Waals surface area contributed by atoms with E-state index in [0.717, 1.165) is 18.5 Å². The fourth-order valence-electron chi connectivity index (χ4n) is 3.82. The number of fused-ring (bicyclic) bond motifs is 3. The summed E-state index contributed by atoms with van der Waals surface area (Å²) in [7, 11) is 0. The van der Waals surface area contributed by atoms with Crippen molar-refractivity contribution in [1.82, 2.24) is 4.98 Å². The molecule has 1 fully saturated rings. The second kappa shape index (κ2) is 7.09. The molecule has 0 bridgehead atoms. The van der Waals surface area contributed by atoms with E-state index in [1.54, 1.807) is 18.3 Å². The van der Waals surface area contributed by atoms with Crippen molar-refractivity contribution in [3.05, 3.63) is 77.5 Å². The second-order valence-corrected chi connectivity index (χ2v) is 7.15. The van der Waals surface area contributed by atoms with Crippen LogP contribution in [0.25, 0.3) is 11.1 Å². The third-order valence-electron chi connectivity index (χ3n) is 5.22. The van der Waals surface area contributed by atoms with Gasteiger partial charge in [0.15, 0.2) is 0 Å². The number of hydrogen-bond acceptors (Lipinski definition) is 4. The van der Waals surface area contributed by atoms with Crippen LogP contribution in [0.15, 0.2) is 60.8 Å². The maximum Gasteiger partial charge on any atom is 0.255 e. The van der Waals surface area contributed by atoms with Crippen LogP contribution < -0.4 is 10.1 Å². The molecule has 3 aromatic rings. The number of benzene rings is 2. The molecular weight excluding hydrogens is 352 g/mol. The van der Waals surface area contributed by atoms with Gasteiger partial charge in [0.1, 0.15) is 6.10 Å². The number of amides is 1. The van der Waals surface area contributed by atoms with E-state index in [-0.39, 0.29) is 12.0 Å². The van der Waals surface area contributed by atoms with Crippen LogP contribution in [0.5, 0.6) is 5.88 Å². The molecular formula is C23H20N2O3. The molecule has 1 saturated heterocycles. The lowest BCUT2D eigenvalue weighted by Crippen LogP contribution is -2.17. The molecule has 2 aliphatic rings. The van der Waals surface area contributed by atoms with E-state index in [9.17, 15) is 4.79 Å². The molecule has 1 atom stereocenters. The van der Waals surface area contributed by atoms with E-state index in [1.807, 2.05) is 6.07 Å². The van der Waals surface area contributed by atoms with E-state index in [4.69, 9.17) is 9.47 Å². The third kappa shape index (κ3) is 3.25. The molecule has 5 nitrogen and oxygen atoms in total. The lowest BCUT2D eigenvalue weighted by Gasteiger charge is -2.12. The fraction of sp³-hybridized carbons (Fsp3) is 0.217. The van der Waals surface area contributed by atoms with Crippen molar-refractivity contribution in [2.75, 3.05) is 18.5 Å². The van der Waals surface area contributed by atoms with Crippen molar-refractivity contribution in [1.29, 1.82) is 0 Å². The Balaban J connectivity index is 1.32. The van der Waals surface area contributed by atoms with Crippen molar-refractivity contribution < 1.29 is 14.3 Å². The van der Waals surface area contributed by atoms with Gasteiger partial charge in [0.2, 0.25) is 5.88 Å². The highest BCUT2D eigenvalue weighted by atomic mass is 16.5. The maximum atomic E-state index is 12.7. The minimum atomic E-state index is -0.176. The maximum absolute atomic E-state index is 12.7. The van der Waals surface area contributed by atoms with E-state index in [1.165, 1.54) is 22.3 Å². The zero-order chi connectivity index (χ0) is 18.9. The predicted molar refractivity (Wildman–Crippen MR) is 107 cm³/mol. The average molecular weight is 372 g/mol. The number of pyridine rings is 1. The van der Waals surface area contributed by atoms with Crippen LogP contribution in [-0.2, 0) is 11.2 Å². The lowest BCUT2D eigenvalue weighted by atomic mass is 10.1. The fourth-order valence-corrected chi connectivity index (χ4v) is 3.82. The second-order valence-electron chi connectivity index (χ2n) is 7.15. The Hall–Kier alpha value is -3.18. The SMILES string of the molecule is O=C(Nc1ccc2c(c1)Cc1ccccc1-2)c1ccnc(O[C@H]2CCOC2)c1. The number of carbonyl (C=O) groups is 1. The highest BCUT2D eigenvalue weighted by Gasteiger charge is 2.20. The van der Waals surface area contributed by atoms with Gasteiger partial charge in [0, 0.05) is 29.9 Å². The predicted octanol–water partition coefficient (Wildman–Crippen LogP) is 4.07. The Kier molecular flexibility index (Phi) is 4.29. The first-order chi connectivity index (χ1) is 13.8. The van der Waals surface area contributed by atoms with Crippen molar-refractivity contribution in [2.45, 2.75) is 18.9 Å². The van der Waals surface area contributed by atoms with Gasteiger partial charge in [-0.2, -0.15) is 0 Å². The van der Waals surface area contributed by atoms with E-state index < -0.39 is 0 Å². The lowest BCUT2D eigenvalue weighted by molar-refractivity contribution is 0.102. The Morgan fingerprint density at radius 3 is 2.86 bits per heavy atom. The van der Waals surface area contributed by atoms with E-state index in [2.05, 4.69) is 46.7 Å². The monoisotopic (exact) mass is 372 g/mol. The quantitative estimate of drug-likeness (QED) is 0.587. The number of carbonyl (C=O) groups excluding carboxylic acids is 1. The summed E-state index contributed by atoms with van der Waals surface area (Å²) < 4.78 is 11.1. The van der Waals surface area contributed by atoms with Crippen molar-refractivity contribution >= 4 is 11.6 Å². The summed E-state index contributed by atoms with van der Waals surface area (Å²) in [6, 6.07) is 17.9. The average Bonchev–Trinajstić information content (AvgIpc) is 3.35. The standard InChI is InChI=1S/C23H20N2O3/c26-23(16-7-9-24-22(13-16)28-19-8-10-27-14-19)25-18-5-6-21-17(12-18)11-15-3-1-2-4-20(15)21/h1-7,9,12-13,19H,8,10-11,14H2,(H,25,26)/t19-/m0/s1. The van der Waals surface area contributed by atoms with Crippen LogP contribution >= 0.6 is 0 Å². The van der Waals surface area contributed by atoms with Gasteiger partial charge in [-0.15, -0.1) is 0 Å². The van der Waals surface area contributed by atoms with Gasteiger partial charge in [-0.25, -0.2) is 4.98 Å². The van der Waals surface area contributed by atoms with Gasteiger partial charge in [-0.1, -0.05) is 30.3 Å². The van der Waals surface area contributed by atoms with Crippen molar-refractivity contribution in [3.8, 4) is 17.0 Å². The zero-order valence-electron chi connectivity index (χ0n) is 15.4. The summed E-state index contributed by atoms with van der Waals surface area (Å²) in [5.41, 5.74) is 6.40. The molecule has 1 N–H and O–H groups in total. The molecule has 5 heteroatoms. The van der Waals surface area contributed by atoms with E-state index >= 15 is 0 Å². The van der Waals surface area contributed by atoms with Gasteiger partial charge < -0.3 is 14.8 Å². The smallest absolute Gasteiger partial charge is 0.255 e. The van der Waals surface area contributed by atoms with Crippen molar-refractivity contribution in [3.63, 3.8) is 0 Å². The summed E-state index contributed by atoms with van der Waals surface area (Å²) in [4.78, 5) is 16.9. The van der Waals surface area contributed by atoms with Crippen LogP contribution in [-0.4, -0.2) is 30.2 Å². The van der Waals surface area contributed by atoms with E-state index in [0.29, 0.717) is 24.7 Å². The normalized spacial score (nSPS) is 17.1. The third-order valence-corrected chi connectivity index (χ3v) is 5.22. The molecule has 1 aromatic heterocycles. The Labute approximate surface area is 163 Å². The zero-order valence-corrected chi connectivity index (χ0v) is 15.4. The molecule has 0 unspecified atom stereocenters. The van der Waals surface area contributed by atoms with Gasteiger partial charge in [-0.05, 0) is 46.9 Å². The Morgan fingerprint density at radius 1 is 1.07 bits per heavy atom. The number of rotatable bonds is 4. The first kappa shape index (κ1) is 17.0. The minimum Gasteiger partial charge on any atom is -0.472 e. The molecule has 0 saturated carbocycles. The molecule has 28 heavy (non-hydrogen) atoms. The minimum absolute atomic E-state index is 0.00385. The first-order valence-corrected chi connectivity index (χ1v) is 9.49.